The molecule has 0 aromatic heterocycles. The molecule has 0 aliphatic carbocycles. The molecule has 0 unspecified atom stereocenters. The number of carbonyl (C=O) groups excluding carboxylic acids is 3. The van der Waals surface area contributed by atoms with Gasteiger partial charge in [0.15, 0.2) is 0 Å². The monoisotopic (exact) mass is 498 g/mol. The van der Waals surface area contributed by atoms with Crippen molar-refractivity contribution in [3.05, 3.63) is 90.0 Å². The standard InChI is InChI=1S/C30H34N4O3/c1-3-34(27-13-5-4-6-14-27)30(37)24-10-8-12-26(20-24)32-28(35)21-31-25-11-7-9-23(19-25)29(36)33-17-15-22(2)16-18-33/h4-14,19-20,22,31H,3,15-18,21H2,1-2H3,(H,32,35). The van der Waals surface area contributed by atoms with E-state index < -0.39 is 0 Å². The summed E-state index contributed by atoms with van der Waals surface area (Å²) in [6, 6.07) is 23.7. The number of hydrogen-bond acceptors (Lipinski definition) is 4. The van der Waals surface area contributed by atoms with Crippen LogP contribution in [0.1, 0.15) is 47.4 Å². The fourth-order valence-corrected chi connectivity index (χ4v) is 4.48. The lowest BCUT2D eigenvalue weighted by Crippen LogP contribution is -2.37. The number of carbonyl (C=O) groups is 3. The minimum atomic E-state index is -0.248. The minimum Gasteiger partial charge on any atom is -0.376 e. The topological polar surface area (TPSA) is 81.8 Å². The number of nitrogens with zero attached hydrogens (tertiary/aromatic N) is 2. The maximum atomic E-state index is 13.1. The molecule has 1 aliphatic rings. The third-order valence-electron chi connectivity index (χ3n) is 6.66. The predicted octanol–water partition coefficient (Wildman–Crippen LogP) is 5.28. The number of hydrogen-bond donors (Lipinski definition) is 2. The van der Waals surface area contributed by atoms with Gasteiger partial charge >= 0.3 is 0 Å². The highest BCUT2D eigenvalue weighted by molar-refractivity contribution is 6.07. The Balaban J connectivity index is 1.34. The molecule has 3 aromatic carbocycles. The quantitative estimate of drug-likeness (QED) is 0.443. The van der Waals surface area contributed by atoms with Crippen LogP contribution >= 0.6 is 0 Å². The van der Waals surface area contributed by atoms with Crippen LogP contribution in [0.3, 0.4) is 0 Å². The lowest BCUT2D eigenvalue weighted by atomic mass is 9.98. The molecule has 1 aliphatic heterocycles. The van der Waals surface area contributed by atoms with E-state index in [1.165, 1.54) is 0 Å². The molecule has 3 amide bonds. The summed E-state index contributed by atoms with van der Waals surface area (Å²) in [4.78, 5) is 42.2. The molecule has 7 nitrogen and oxygen atoms in total. The molecule has 1 heterocycles. The average molecular weight is 499 g/mol. The molecule has 0 radical (unpaired) electrons. The van der Waals surface area contributed by atoms with Gasteiger partial charge in [0.05, 0.1) is 6.54 Å². The van der Waals surface area contributed by atoms with Crippen LogP contribution in [0.4, 0.5) is 17.1 Å². The van der Waals surface area contributed by atoms with E-state index in [4.69, 9.17) is 0 Å². The van der Waals surface area contributed by atoms with Gasteiger partial charge in [0, 0.05) is 47.8 Å². The number of amides is 3. The smallest absolute Gasteiger partial charge is 0.258 e. The SMILES string of the molecule is CCN(C(=O)c1cccc(NC(=O)CNc2cccc(C(=O)N3CCC(C)CC3)c2)c1)c1ccccc1. The van der Waals surface area contributed by atoms with Gasteiger partial charge < -0.3 is 20.4 Å². The first kappa shape index (κ1) is 25.9. The highest BCUT2D eigenvalue weighted by atomic mass is 16.2. The molecular formula is C30H34N4O3. The number of likely N-dealkylation sites (tertiary alicyclic amines) is 1. The van der Waals surface area contributed by atoms with E-state index in [9.17, 15) is 14.4 Å². The van der Waals surface area contributed by atoms with Gasteiger partial charge in [-0.15, -0.1) is 0 Å². The molecule has 1 saturated heterocycles. The third kappa shape index (κ3) is 6.76. The average Bonchev–Trinajstić information content (AvgIpc) is 2.93. The zero-order valence-electron chi connectivity index (χ0n) is 21.4. The molecule has 0 bridgehead atoms. The van der Waals surface area contributed by atoms with Crippen LogP contribution in [-0.2, 0) is 4.79 Å². The molecule has 4 rings (SSSR count). The highest BCUT2D eigenvalue weighted by Crippen LogP contribution is 2.21. The second kappa shape index (κ2) is 12.2. The summed E-state index contributed by atoms with van der Waals surface area (Å²) in [5.41, 5.74) is 3.19. The molecular weight excluding hydrogens is 464 g/mol. The van der Waals surface area contributed by atoms with Gasteiger partial charge in [0.1, 0.15) is 0 Å². The molecule has 1 fully saturated rings. The van der Waals surface area contributed by atoms with Gasteiger partial charge in [0.2, 0.25) is 5.91 Å². The minimum absolute atomic E-state index is 0.0260. The normalized spacial score (nSPS) is 13.6. The number of para-hydroxylation sites is 1. The fraction of sp³-hybridized carbons (Fsp3) is 0.300. The van der Waals surface area contributed by atoms with E-state index in [2.05, 4.69) is 17.6 Å². The Morgan fingerprint density at radius 3 is 2.22 bits per heavy atom. The van der Waals surface area contributed by atoms with Crippen molar-refractivity contribution in [3.8, 4) is 0 Å². The Morgan fingerprint density at radius 1 is 0.865 bits per heavy atom. The number of rotatable bonds is 8. The molecule has 7 heteroatoms. The van der Waals surface area contributed by atoms with Crippen molar-refractivity contribution in [2.45, 2.75) is 26.7 Å². The summed E-state index contributed by atoms with van der Waals surface area (Å²) in [7, 11) is 0. The van der Waals surface area contributed by atoms with E-state index in [1.54, 1.807) is 35.2 Å². The van der Waals surface area contributed by atoms with Crippen molar-refractivity contribution in [1.82, 2.24) is 4.90 Å². The zero-order chi connectivity index (χ0) is 26.2. The van der Waals surface area contributed by atoms with Crippen LogP contribution in [0, 0.1) is 5.92 Å². The van der Waals surface area contributed by atoms with Crippen molar-refractivity contribution >= 4 is 34.8 Å². The number of anilines is 3. The number of piperidine rings is 1. The first-order chi connectivity index (χ1) is 17.9. The summed E-state index contributed by atoms with van der Waals surface area (Å²) in [5.74, 6) is 0.302. The van der Waals surface area contributed by atoms with Crippen LogP contribution < -0.4 is 15.5 Å². The van der Waals surface area contributed by atoms with E-state index in [0.29, 0.717) is 35.0 Å². The largest absolute Gasteiger partial charge is 0.376 e. The van der Waals surface area contributed by atoms with Gasteiger partial charge in [0.25, 0.3) is 11.8 Å². The highest BCUT2D eigenvalue weighted by Gasteiger charge is 2.21. The van der Waals surface area contributed by atoms with Crippen LogP contribution in [0.15, 0.2) is 78.9 Å². The molecule has 192 valence electrons. The zero-order valence-corrected chi connectivity index (χ0v) is 21.4. The van der Waals surface area contributed by atoms with Gasteiger partial charge in [-0.25, -0.2) is 0 Å². The van der Waals surface area contributed by atoms with Gasteiger partial charge in [-0.05, 0) is 74.2 Å². The lowest BCUT2D eigenvalue weighted by molar-refractivity contribution is -0.114. The first-order valence-corrected chi connectivity index (χ1v) is 12.8. The second-order valence-electron chi connectivity index (χ2n) is 9.42. The number of benzene rings is 3. The summed E-state index contributed by atoms with van der Waals surface area (Å²) < 4.78 is 0. The summed E-state index contributed by atoms with van der Waals surface area (Å²) in [6.45, 7) is 6.27. The van der Waals surface area contributed by atoms with Crippen LogP contribution in [-0.4, -0.2) is 48.8 Å². The Bertz CT molecular complexity index is 1240. The van der Waals surface area contributed by atoms with Gasteiger partial charge in [-0.3, -0.25) is 14.4 Å². The van der Waals surface area contributed by atoms with Crippen LogP contribution in [0.2, 0.25) is 0 Å². The number of nitrogens with one attached hydrogen (secondary N) is 2. The van der Waals surface area contributed by atoms with Gasteiger partial charge in [-0.2, -0.15) is 0 Å². The maximum absolute atomic E-state index is 13.1. The Labute approximate surface area is 218 Å². The predicted molar refractivity (Wildman–Crippen MR) is 148 cm³/mol. The van der Waals surface area contributed by atoms with Crippen LogP contribution in [0.25, 0.3) is 0 Å². The van der Waals surface area contributed by atoms with Crippen LogP contribution in [0.5, 0.6) is 0 Å². The fourth-order valence-electron chi connectivity index (χ4n) is 4.48. The molecule has 37 heavy (non-hydrogen) atoms. The van der Waals surface area contributed by atoms with E-state index in [0.717, 1.165) is 31.6 Å². The molecule has 0 saturated carbocycles. The van der Waals surface area contributed by atoms with Crippen molar-refractivity contribution in [1.29, 1.82) is 0 Å². The Hall–Kier alpha value is -4.13. The molecule has 2 N–H and O–H groups in total. The lowest BCUT2D eigenvalue weighted by Gasteiger charge is -2.30. The maximum Gasteiger partial charge on any atom is 0.258 e. The van der Waals surface area contributed by atoms with E-state index >= 15 is 0 Å². The molecule has 3 aromatic rings. The summed E-state index contributed by atoms with van der Waals surface area (Å²) in [6.07, 6.45) is 2.05. The van der Waals surface area contributed by atoms with E-state index in [1.807, 2.05) is 60.4 Å². The molecule has 0 atom stereocenters. The summed E-state index contributed by atoms with van der Waals surface area (Å²) >= 11 is 0. The van der Waals surface area contributed by atoms with Crippen molar-refractivity contribution < 1.29 is 14.4 Å². The van der Waals surface area contributed by atoms with Gasteiger partial charge in [-0.1, -0.05) is 37.3 Å². The van der Waals surface area contributed by atoms with E-state index in [-0.39, 0.29) is 24.3 Å². The third-order valence-corrected chi connectivity index (χ3v) is 6.66. The Morgan fingerprint density at radius 2 is 1.51 bits per heavy atom. The summed E-state index contributed by atoms with van der Waals surface area (Å²) in [5, 5.41) is 5.95. The van der Waals surface area contributed by atoms with Crippen molar-refractivity contribution in [2.24, 2.45) is 5.92 Å². The second-order valence-corrected chi connectivity index (χ2v) is 9.42. The van der Waals surface area contributed by atoms with Crippen molar-refractivity contribution in [2.75, 3.05) is 41.7 Å². The first-order valence-electron chi connectivity index (χ1n) is 12.8. The van der Waals surface area contributed by atoms with Crippen molar-refractivity contribution in [3.63, 3.8) is 0 Å². The molecule has 0 spiro atoms. The Kier molecular flexibility index (Phi) is 8.56.